The number of Topliss-reactive ketones (excluding diaryl/α,β-unsaturated/α-hetero) is 1. The van der Waals surface area contributed by atoms with Gasteiger partial charge in [0.25, 0.3) is 11.7 Å². The van der Waals surface area contributed by atoms with E-state index in [-0.39, 0.29) is 11.9 Å². The lowest BCUT2D eigenvalue weighted by atomic mass is 10.0. The summed E-state index contributed by atoms with van der Waals surface area (Å²) in [6.45, 7) is 2.51. The van der Waals surface area contributed by atoms with Crippen molar-refractivity contribution in [1.29, 1.82) is 0 Å². The Balaban J connectivity index is 1.59. The van der Waals surface area contributed by atoms with E-state index >= 15 is 0 Å². The highest BCUT2D eigenvalue weighted by atomic mass is 16.2. The molecule has 2 heterocycles. The number of hydrogen-bond donors (Lipinski definition) is 1. The number of aromatic amines is 1. The molecule has 0 bridgehead atoms. The molecular weight excluding hydrogens is 324 g/mol. The van der Waals surface area contributed by atoms with E-state index in [2.05, 4.69) is 17.1 Å². The van der Waals surface area contributed by atoms with Crippen molar-refractivity contribution in [3.63, 3.8) is 0 Å². The third kappa shape index (κ3) is 2.92. The van der Waals surface area contributed by atoms with Crippen molar-refractivity contribution in [1.82, 2.24) is 9.88 Å². The number of amides is 1. The van der Waals surface area contributed by atoms with Crippen LogP contribution in [-0.2, 0) is 11.2 Å². The Hall–Kier alpha value is -2.88. The van der Waals surface area contributed by atoms with E-state index < -0.39 is 5.78 Å². The number of H-pyrrole nitrogens is 1. The molecule has 0 saturated carbocycles. The van der Waals surface area contributed by atoms with Crippen LogP contribution in [0.15, 0.2) is 54.6 Å². The summed E-state index contributed by atoms with van der Waals surface area (Å²) in [4.78, 5) is 31.0. The summed E-state index contributed by atoms with van der Waals surface area (Å²) in [6.07, 6.45) is 2.69. The molecule has 3 aromatic rings. The SMILES string of the molecule is Cc1[nH]c2ccccc2c1C(=O)C(=O)N1CCCC1Cc1ccccc1. The van der Waals surface area contributed by atoms with Gasteiger partial charge in [-0.3, -0.25) is 9.59 Å². The molecule has 2 aromatic carbocycles. The molecule has 1 aliphatic rings. The first kappa shape index (κ1) is 16.6. The second-order valence-electron chi connectivity index (χ2n) is 6.98. The fourth-order valence-electron chi connectivity index (χ4n) is 4.01. The van der Waals surface area contributed by atoms with E-state index in [0.717, 1.165) is 35.9 Å². The van der Waals surface area contributed by atoms with Crippen LogP contribution in [0.2, 0.25) is 0 Å². The number of rotatable bonds is 4. The number of ketones is 1. The molecule has 1 saturated heterocycles. The third-order valence-electron chi connectivity index (χ3n) is 5.27. The minimum Gasteiger partial charge on any atom is -0.358 e. The smallest absolute Gasteiger partial charge is 0.295 e. The molecule has 26 heavy (non-hydrogen) atoms. The molecule has 4 rings (SSSR count). The quantitative estimate of drug-likeness (QED) is 0.575. The number of nitrogens with one attached hydrogen (secondary N) is 1. The Labute approximate surface area is 152 Å². The van der Waals surface area contributed by atoms with Crippen molar-refractivity contribution in [2.75, 3.05) is 6.54 Å². The van der Waals surface area contributed by atoms with Crippen molar-refractivity contribution >= 4 is 22.6 Å². The van der Waals surface area contributed by atoms with Gasteiger partial charge in [-0.25, -0.2) is 0 Å². The molecule has 0 radical (unpaired) electrons. The summed E-state index contributed by atoms with van der Waals surface area (Å²) >= 11 is 0. The van der Waals surface area contributed by atoms with Crippen LogP contribution in [0.5, 0.6) is 0 Å². The molecular formula is C22H22N2O2. The van der Waals surface area contributed by atoms with Crippen LogP contribution in [-0.4, -0.2) is 34.2 Å². The van der Waals surface area contributed by atoms with E-state index in [1.54, 1.807) is 4.90 Å². The topological polar surface area (TPSA) is 53.2 Å². The molecule has 1 aliphatic heterocycles. The first-order valence-corrected chi connectivity index (χ1v) is 9.11. The van der Waals surface area contributed by atoms with Crippen LogP contribution in [0, 0.1) is 6.92 Å². The highest BCUT2D eigenvalue weighted by Gasteiger charge is 2.34. The van der Waals surface area contributed by atoms with Crippen molar-refractivity contribution in [2.45, 2.75) is 32.2 Å². The number of fused-ring (bicyclic) bond motifs is 1. The van der Waals surface area contributed by atoms with Crippen molar-refractivity contribution < 1.29 is 9.59 Å². The van der Waals surface area contributed by atoms with Gasteiger partial charge in [0.2, 0.25) is 0 Å². The fraction of sp³-hybridized carbons (Fsp3) is 0.273. The lowest BCUT2D eigenvalue weighted by molar-refractivity contribution is -0.127. The fourth-order valence-corrected chi connectivity index (χ4v) is 4.01. The molecule has 1 atom stereocenters. The van der Waals surface area contributed by atoms with Crippen molar-refractivity contribution in [3.05, 3.63) is 71.4 Å². The Morgan fingerprint density at radius 1 is 1.08 bits per heavy atom. The molecule has 1 fully saturated rings. The molecule has 4 heteroatoms. The Bertz CT molecular complexity index is 959. The van der Waals surface area contributed by atoms with Crippen LogP contribution in [0.4, 0.5) is 0 Å². The molecule has 1 N–H and O–H groups in total. The standard InChI is InChI=1S/C22H22N2O2/c1-15-20(18-11-5-6-12-19(18)23-15)21(25)22(26)24-13-7-10-17(24)14-16-8-3-2-4-9-16/h2-6,8-9,11-12,17,23H,7,10,13-14H2,1H3. The number of benzene rings is 2. The molecule has 0 spiro atoms. The summed E-state index contributed by atoms with van der Waals surface area (Å²) in [7, 11) is 0. The molecule has 132 valence electrons. The molecule has 1 aromatic heterocycles. The lowest BCUT2D eigenvalue weighted by Gasteiger charge is -2.24. The van der Waals surface area contributed by atoms with Gasteiger partial charge in [0.05, 0.1) is 5.56 Å². The average Bonchev–Trinajstić information content (AvgIpc) is 3.24. The Kier molecular flexibility index (Phi) is 4.33. The number of aromatic nitrogens is 1. The molecule has 4 nitrogen and oxygen atoms in total. The lowest BCUT2D eigenvalue weighted by Crippen LogP contribution is -2.41. The summed E-state index contributed by atoms with van der Waals surface area (Å²) in [6, 6.07) is 17.9. The zero-order valence-corrected chi connectivity index (χ0v) is 14.9. The maximum Gasteiger partial charge on any atom is 0.295 e. The predicted octanol–water partition coefficient (Wildman–Crippen LogP) is 3.89. The molecule has 1 unspecified atom stereocenters. The molecule has 1 amide bonds. The van der Waals surface area contributed by atoms with Crippen molar-refractivity contribution in [2.24, 2.45) is 0 Å². The number of hydrogen-bond acceptors (Lipinski definition) is 2. The zero-order chi connectivity index (χ0) is 18.1. The van der Waals surface area contributed by atoms with Gasteiger partial charge in [0.1, 0.15) is 0 Å². The summed E-state index contributed by atoms with van der Waals surface area (Å²) in [5.41, 5.74) is 3.36. The third-order valence-corrected chi connectivity index (χ3v) is 5.27. The van der Waals surface area contributed by atoms with Crippen LogP contribution in [0.25, 0.3) is 10.9 Å². The van der Waals surface area contributed by atoms with E-state index in [4.69, 9.17) is 0 Å². The van der Waals surface area contributed by atoms with Gasteiger partial charge >= 0.3 is 0 Å². The summed E-state index contributed by atoms with van der Waals surface area (Å²) < 4.78 is 0. The van der Waals surface area contributed by atoms with E-state index in [1.807, 2.05) is 49.4 Å². The maximum atomic E-state index is 13.0. The maximum absolute atomic E-state index is 13.0. The van der Waals surface area contributed by atoms with Gasteiger partial charge in [0.15, 0.2) is 0 Å². The van der Waals surface area contributed by atoms with E-state index in [9.17, 15) is 9.59 Å². The minimum atomic E-state index is -0.403. The number of likely N-dealkylation sites (tertiary alicyclic amines) is 1. The zero-order valence-electron chi connectivity index (χ0n) is 14.9. The van der Waals surface area contributed by atoms with Crippen LogP contribution in [0.3, 0.4) is 0 Å². The number of carbonyl (C=O) groups excluding carboxylic acids is 2. The number of aryl methyl sites for hydroxylation is 1. The van der Waals surface area contributed by atoms with Crippen LogP contribution >= 0.6 is 0 Å². The normalized spacial score (nSPS) is 17.0. The highest BCUT2D eigenvalue weighted by Crippen LogP contribution is 2.26. The van der Waals surface area contributed by atoms with Gasteiger partial charge in [-0.15, -0.1) is 0 Å². The minimum absolute atomic E-state index is 0.0966. The summed E-state index contributed by atoms with van der Waals surface area (Å²) in [5, 5.41) is 0.821. The Morgan fingerprint density at radius 3 is 2.62 bits per heavy atom. The van der Waals surface area contributed by atoms with Gasteiger partial charge in [-0.1, -0.05) is 48.5 Å². The number of carbonyl (C=O) groups is 2. The average molecular weight is 346 g/mol. The predicted molar refractivity (Wildman–Crippen MR) is 102 cm³/mol. The van der Waals surface area contributed by atoms with Crippen LogP contribution < -0.4 is 0 Å². The largest absolute Gasteiger partial charge is 0.358 e. The number of nitrogens with zero attached hydrogens (tertiary/aromatic N) is 1. The first-order valence-electron chi connectivity index (χ1n) is 9.11. The monoisotopic (exact) mass is 346 g/mol. The van der Waals surface area contributed by atoms with E-state index in [0.29, 0.717) is 12.1 Å². The van der Waals surface area contributed by atoms with E-state index in [1.165, 1.54) is 5.56 Å². The van der Waals surface area contributed by atoms with Crippen LogP contribution in [0.1, 0.15) is 34.5 Å². The van der Waals surface area contributed by atoms with Gasteiger partial charge in [0, 0.05) is 29.2 Å². The second kappa shape index (κ2) is 6.79. The van der Waals surface area contributed by atoms with Gasteiger partial charge in [-0.05, 0) is 37.8 Å². The number of para-hydroxylation sites is 1. The van der Waals surface area contributed by atoms with Gasteiger partial charge in [-0.2, -0.15) is 0 Å². The van der Waals surface area contributed by atoms with Crippen molar-refractivity contribution in [3.8, 4) is 0 Å². The first-order chi connectivity index (χ1) is 12.6. The van der Waals surface area contributed by atoms with Gasteiger partial charge < -0.3 is 9.88 Å². The Morgan fingerprint density at radius 2 is 1.81 bits per heavy atom. The summed E-state index contributed by atoms with van der Waals surface area (Å²) in [5.74, 6) is -0.781. The second-order valence-corrected chi connectivity index (χ2v) is 6.98. The highest BCUT2D eigenvalue weighted by molar-refractivity contribution is 6.45. The molecule has 0 aliphatic carbocycles.